The van der Waals surface area contributed by atoms with Gasteiger partial charge in [0.05, 0.1) is 24.5 Å². The van der Waals surface area contributed by atoms with E-state index in [9.17, 15) is 23.6 Å². The second-order valence-electron chi connectivity index (χ2n) is 8.78. The van der Waals surface area contributed by atoms with Crippen molar-refractivity contribution < 1.29 is 28.3 Å². The Balaban J connectivity index is 1.49. The molecule has 7 heteroatoms. The number of likely N-dealkylation sites (tertiary alicyclic amines) is 1. The molecule has 3 aromatic rings. The van der Waals surface area contributed by atoms with Crippen LogP contribution in [0.3, 0.4) is 0 Å². The topological polar surface area (TPSA) is 80.8 Å². The average molecular weight is 455 g/mol. The van der Waals surface area contributed by atoms with E-state index in [1.165, 1.54) is 36.4 Å². The van der Waals surface area contributed by atoms with Crippen molar-refractivity contribution in [2.24, 2.45) is 11.8 Å². The van der Waals surface area contributed by atoms with Crippen LogP contribution in [0.5, 0.6) is 0 Å². The molecule has 0 N–H and O–H groups in total. The summed E-state index contributed by atoms with van der Waals surface area (Å²) in [5.74, 6) is -5.21. The van der Waals surface area contributed by atoms with Crippen molar-refractivity contribution in [3.05, 3.63) is 107 Å². The Morgan fingerprint density at radius 2 is 1.35 bits per heavy atom. The van der Waals surface area contributed by atoms with Crippen LogP contribution in [-0.4, -0.2) is 33.9 Å². The minimum absolute atomic E-state index is 0.0209. The highest BCUT2D eigenvalue weighted by atomic mass is 19.1. The van der Waals surface area contributed by atoms with Gasteiger partial charge in [0.2, 0.25) is 29.0 Å². The predicted octanol–water partition coefficient (Wildman–Crippen LogP) is 3.52. The number of halogens is 1. The normalized spacial score (nSPS) is 24.7. The summed E-state index contributed by atoms with van der Waals surface area (Å²) in [6.45, 7) is 0.0209. The van der Waals surface area contributed by atoms with Crippen LogP contribution in [0.2, 0.25) is 0 Å². The number of Topliss-reactive ketones (excluding diaryl/α,β-unsaturated/α-hetero) is 2. The summed E-state index contributed by atoms with van der Waals surface area (Å²) in [5, 5.41) is 0. The Morgan fingerprint density at radius 3 is 1.97 bits per heavy atom. The number of benzene rings is 3. The van der Waals surface area contributed by atoms with Gasteiger partial charge in [-0.1, -0.05) is 66.7 Å². The smallest absolute Gasteiger partial charge is 0.237 e. The molecule has 0 radical (unpaired) electrons. The first-order valence-electron chi connectivity index (χ1n) is 10.9. The predicted molar refractivity (Wildman–Crippen MR) is 117 cm³/mol. The fourth-order valence-corrected chi connectivity index (χ4v) is 5.45. The van der Waals surface area contributed by atoms with Crippen LogP contribution < -0.4 is 0 Å². The van der Waals surface area contributed by atoms with E-state index >= 15 is 0 Å². The number of fused-ring (bicyclic) bond motifs is 3. The molecule has 0 bridgehead atoms. The van der Waals surface area contributed by atoms with E-state index in [4.69, 9.17) is 4.74 Å². The van der Waals surface area contributed by atoms with Crippen LogP contribution in [-0.2, 0) is 20.9 Å². The van der Waals surface area contributed by atoms with Crippen LogP contribution in [0, 0.1) is 17.7 Å². The minimum Gasteiger partial charge on any atom is -0.349 e. The molecule has 2 saturated heterocycles. The molecule has 168 valence electrons. The molecule has 3 aliphatic rings. The van der Waals surface area contributed by atoms with E-state index in [0.717, 1.165) is 10.5 Å². The lowest BCUT2D eigenvalue weighted by molar-refractivity contribution is -0.145. The van der Waals surface area contributed by atoms with E-state index in [-0.39, 0.29) is 17.7 Å². The Hall–Kier alpha value is -3.97. The van der Waals surface area contributed by atoms with Gasteiger partial charge in [0.25, 0.3) is 0 Å². The van der Waals surface area contributed by atoms with Crippen molar-refractivity contribution in [2.45, 2.75) is 18.2 Å². The Bertz CT molecular complexity index is 1330. The number of hydrogen-bond donors (Lipinski definition) is 0. The first-order valence-corrected chi connectivity index (χ1v) is 10.9. The first kappa shape index (κ1) is 20.6. The summed E-state index contributed by atoms with van der Waals surface area (Å²) < 4.78 is 19.8. The van der Waals surface area contributed by atoms with Gasteiger partial charge in [-0.05, 0) is 23.3 Å². The molecule has 1 spiro atoms. The van der Waals surface area contributed by atoms with Crippen LogP contribution in [0.25, 0.3) is 0 Å². The second kappa shape index (κ2) is 7.27. The van der Waals surface area contributed by atoms with Crippen molar-refractivity contribution in [3.8, 4) is 0 Å². The maximum absolute atomic E-state index is 13.7. The zero-order valence-corrected chi connectivity index (χ0v) is 17.8. The lowest BCUT2D eigenvalue weighted by Gasteiger charge is -2.27. The maximum Gasteiger partial charge on any atom is 0.237 e. The molecule has 34 heavy (non-hydrogen) atoms. The summed E-state index contributed by atoms with van der Waals surface area (Å²) >= 11 is 0. The maximum atomic E-state index is 13.7. The molecular weight excluding hydrogens is 437 g/mol. The van der Waals surface area contributed by atoms with Crippen LogP contribution >= 0.6 is 0 Å². The summed E-state index contributed by atoms with van der Waals surface area (Å²) in [6.07, 6.45) is -1.05. The largest absolute Gasteiger partial charge is 0.349 e. The lowest BCUT2D eigenvalue weighted by Crippen LogP contribution is -2.50. The summed E-state index contributed by atoms with van der Waals surface area (Å²) in [5.41, 5.74) is -0.608. The van der Waals surface area contributed by atoms with Crippen molar-refractivity contribution >= 4 is 23.4 Å². The van der Waals surface area contributed by atoms with Crippen molar-refractivity contribution in [1.29, 1.82) is 0 Å². The van der Waals surface area contributed by atoms with Gasteiger partial charge in [0.15, 0.2) is 0 Å². The molecule has 2 heterocycles. The molecule has 3 aromatic carbocycles. The third-order valence-corrected chi connectivity index (χ3v) is 6.99. The highest BCUT2D eigenvalue weighted by molar-refractivity contribution is 6.35. The van der Waals surface area contributed by atoms with Crippen LogP contribution in [0.4, 0.5) is 4.39 Å². The number of rotatable bonds is 3. The molecule has 2 amide bonds. The Morgan fingerprint density at radius 1 is 0.765 bits per heavy atom. The number of carbonyl (C=O) groups excluding carboxylic acids is 4. The number of amides is 2. The molecule has 2 fully saturated rings. The van der Waals surface area contributed by atoms with Crippen molar-refractivity contribution in [2.75, 3.05) is 0 Å². The van der Waals surface area contributed by atoms with Gasteiger partial charge < -0.3 is 4.74 Å². The van der Waals surface area contributed by atoms with Crippen molar-refractivity contribution in [1.82, 2.24) is 4.90 Å². The lowest BCUT2D eigenvalue weighted by atomic mass is 9.77. The zero-order valence-electron chi connectivity index (χ0n) is 17.8. The number of imide groups is 1. The number of ether oxygens (including phenoxy) is 1. The summed E-state index contributed by atoms with van der Waals surface area (Å²) in [4.78, 5) is 55.7. The first-order chi connectivity index (χ1) is 16.4. The molecule has 1 aliphatic carbocycles. The molecular formula is C27H18FNO5. The van der Waals surface area contributed by atoms with E-state index in [2.05, 4.69) is 0 Å². The molecule has 0 saturated carbocycles. The Kier molecular flexibility index (Phi) is 4.41. The van der Waals surface area contributed by atoms with E-state index < -0.39 is 52.7 Å². The third-order valence-electron chi connectivity index (χ3n) is 6.99. The second-order valence-corrected chi connectivity index (χ2v) is 8.78. The minimum atomic E-state index is -2.12. The van der Waals surface area contributed by atoms with Gasteiger partial charge in [0.1, 0.15) is 5.82 Å². The highest BCUT2D eigenvalue weighted by Gasteiger charge is 2.74. The van der Waals surface area contributed by atoms with E-state index in [1.54, 1.807) is 36.4 Å². The van der Waals surface area contributed by atoms with Crippen molar-refractivity contribution in [3.63, 3.8) is 0 Å². The number of hydrogen-bond acceptors (Lipinski definition) is 5. The number of nitrogens with zero attached hydrogens (tertiary/aromatic N) is 1. The quantitative estimate of drug-likeness (QED) is 0.446. The SMILES string of the molecule is O=C1[C@H]2[C@H](c3ccc(F)cc3)OC3(C(=O)c4ccccc4C3=O)[C@H]2C(=O)N1Cc1ccccc1. The average Bonchev–Trinajstić information content (AvgIpc) is 3.41. The fourth-order valence-electron chi connectivity index (χ4n) is 5.45. The fraction of sp³-hybridized carbons (Fsp3) is 0.185. The van der Waals surface area contributed by atoms with Gasteiger partial charge >= 0.3 is 0 Å². The number of carbonyl (C=O) groups is 4. The summed E-state index contributed by atoms with van der Waals surface area (Å²) in [7, 11) is 0. The van der Waals surface area contributed by atoms with Gasteiger partial charge in [-0.25, -0.2) is 4.39 Å². The molecule has 6 nitrogen and oxygen atoms in total. The standard InChI is InChI=1S/C27H18FNO5/c28-17-12-10-16(11-13-17)22-20-21(26(33)29(25(20)32)14-15-6-2-1-3-7-15)27(34-22)23(30)18-8-4-5-9-19(18)24(27)31/h1-13,20-22H,14H2/t20-,21-,22+/m1/s1. The number of ketones is 2. The van der Waals surface area contributed by atoms with Gasteiger partial charge in [-0.3, -0.25) is 24.1 Å². The summed E-state index contributed by atoms with van der Waals surface area (Å²) in [6, 6.07) is 20.7. The van der Waals surface area contributed by atoms with Gasteiger partial charge in [0, 0.05) is 11.1 Å². The molecule has 6 rings (SSSR count). The highest BCUT2D eigenvalue weighted by Crippen LogP contribution is 2.57. The Labute approximate surface area is 193 Å². The zero-order chi connectivity index (χ0) is 23.6. The van der Waals surface area contributed by atoms with Crippen LogP contribution in [0.1, 0.15) is 37.9 Å². The molecule has 2 aliphatic heterocycles. The monoisotopic (exact) mass is 455 g/mol. The van der Waals surface area contributed by atoms with E-state index in [0.29, 0.717) is 5.56 Å². The van der Waals surface area contributed by atoms with Gasteiger partial charge in [-0.15, -0.1) is 0 Å². The molecule has 3 atom stereocenters. The van der Waals surface area contributed by atoms with Crippen LogP contribution in [0.15, 0.2) is 78.9 Å². The van der Waals surface area contributed by atoms with E-state index in [1.807, 2.05) is 6.07 Å². The molecule has 0 unspecified atom stereocenters. The molecule has 0 aromatic heterocycles. The third kappa shape index (κ3) is 2.64. The van der Waals surface area contributed by atoms with Gasteiger partial charge in [-0.2, -0.15) is 0 Å².